The topological polar surface area (TPSA) is 90.2 Å². The zero-order valence-electron chi connectivity index (χ0n) is 16.8. The molecule has 0 bridgehead atoms. The fourth-order valence-electron chi connectivity index (χ4n) is 3.27. The van der Waals surface area contributed by atoms with Gasteiger partial charge in [-0.05, 0) is 31.9 Å². The summed E-state index contributed by atoms with van der Waals surface area (Å²) < 4.78 is 45.4. The fourth-order valence-corrected chi connectivity index (χ4v) is 4.11. The van der Waals surface area contributed by atoms with Gasteiger partial charge in [0.2, 0.25) is 5.91 Å². The molecule has 2 aromatic heterocycles. The van der Waals surface area contributed by atoms with E-state index in [1.54, 1.807) is 24.0 Å². The maximum absolute atomic E-state index is 13.1. The Hall–Kier alpha value is -2.63. The minimum absolute atomic E-state index is 0.0129. The van der Waals surface area contributed by atoms with Crippen LogP contribution in [-0.4, -0.2) is 68.2 Å². The van der Waals surface area contributed by atoms with Crippen LogP contribution in [-0.2, 0) is 20.9 Å². The molecular weight excluding hydrogens is 435 g/mol. The molecule has 0 unspecified atom stereocenters. The second-order valence-corrected chi connectivity index (χ2v) is 7.88. The van der Waals surface area contributed by atoms with Crippen LogP contribution in [0.3, 0.4) is 0 Å². The molecule has 3 heterocycles. The van der Waals surface area contributed by atoms with Gasteiger partial charge in [0, 0.05) is 31.0 Å². The standard InChI is InChI=1S/C19H22F3N5O3S/c1-2-30-17(29)14-5-9-26(10-6-14)15(28)11-31-18-25-24-16(13-3-7-23-8-4-13)27(18)12-19(20,21)22/h3-4,7-8,14H,2,5-6,9-12H2,1H3. The van der Waals surface area contributed by atoms with Crippen LogP contribution in [0.15, 0.2) is 29.7 Å². The number of esters is 1. The molecule has 0 atom stereocenters. The molecule has 31 heavy (non-hydrogen) atoms. The van der Waals surface area contributed by atoms with Gasteiger partial charge in [0.05, 0.1) is 18.3 Å². The van der Waals surface area contributed by atoms with E-state index in [1.807, 2.05) is 0 Å². The van der Waals surface area contributed by atoms with Gasteiger partial charge in [0.15, 0.2) is 11.0 Å². The van der Waals surface area contributed by atoms with Crippen molar-refractivity contribution in [3.63, 3.8) is 0 Å². The molecule has 12 heteroatoms. The Morgan fingerprint density at radius 2 is 1.87 bits per heavy atom. The van der Waals surface area contributed by atoms with E-state index in [9.17, 15) is 22.8 Å². The summed E-state index contributed by atoms with van der Waals surface area (Å²) >= 11 is 0.911. The van der Waals surface area contributed by atoms with Gasteiger partial charge in [-0.3, -0.25) is 19.1 Å². The SMILES string of the molecule is CCOC(=O)C1CCN(C(=O)CSc2nnc(-c3ccncc3)n2CC(F)(F)F)CC1. The quantitative estimate of drug-likeness (QED) is 0.467. The molecule has 1 fully saturated rings. The molecule has 0 saturated carbocycles. The van der Waals surface area contributed by atoms with E-state index in [-0.39, 0.29) is 34.5 Å². The number of hydrogen-bond acceptors (Lipinski definition) is 7. The molecule has 0 spiro atoms. The van der Waals surface area contributed by atoms with Crippen LogP contribution in [0.5, 0.6) is 0 Å². The van der Waals surface area contributed by atoms with Crippen LogP contribution in [0.4, 0.5) is 13.2 Å². The van der Waals surface area contributed by atoms with Crippen molar-refractivity contribution in [2.45, 2.75) is 37.6 Å². The van der Waals surface area contributed by atoms with E-state index < -0.39 is 12.7 Å². The first-order chi connectivity index (χ1) is 14.8. The minimum atomic E-state index is -4.47. The summed E-state index contributed by atoms with van der Waals surface area (Å²) in [6.45, 7) is 1.60. The van der Waals surface area contributed by atoms with Crippen molar-refractivity contribution in [2.75, 3.05) is 25.4 Å². The molecule has 168 valence electrons. The summed E-state index contributed by atoms with van der Waals surface area (Å²) in [6, 6.07) is 3.09. The predicted octanol–water partition coefficient (Wildman–Crippen LogP) is 2.80. The third-order valence-electron chi connectivity index (χ3n) is 4.79. The zero-order chi connectivity index (χ0) is 22.4. The Balaban J connectivity index is 1.64. The minimum Gasteiger partial charge on any atom is -0.466 e. The maximum Gasteiger partial charge on any atom is 0.406 e. The van der Waals surface area contributed by atoms with Crippen LogP contribution < -0.4 is 0 Å². The number of carbonyl (C=O) groups is 2. The van der Waals surface area contributed by atoms with E-state index >= 15 is 0 Å². The normalized spacial score (nSPS) is 15.2. The van der Waals surface area contributed by atoms with Crippen LogP contribution in [0.25, 0.3) is 11.4 Å². The lowest BCUT2D eigenvalue weighted by Crippen LogP contribution is -2.41. The summed E-state index contributed by atoms with van der Waals surface area (Å²) in [6.07, 6.45) is -0.549. The number of thioether (sulfide) groups is 1. The van der Waals surface area contributed by atoms with Gasteiger partial charge < -0.3 is 9.64 Å². The van der Waals surface area contributed by atoms with Crippen molar-refractivity contribution in [3.05, 3.63) is 24.5 Å². The van der Waals surface area contributed by atoms with Crippen LogP contribution in [0, 0.1) is 5.92 Å². The highest BCUT2D eigenvalue weighted by atomic mass is 32.2. The summed E-state index contributed by atoms with van der Waals surface area (Å²) in [5.74, 6) is -0.720. The second kappa shape index (κ2) is 10.1. The summed E-state index contributed by atoms with van der Waals surface area (Å²) in [7, 11) is 0. The number of alkyl halides is 3. The van der Waals surface area contributed by atoms with Crippen molar-refractivity contribution in [1.82, 2.24) is 24.6 Å². The van der Waals surface area contributed by atoms with Gasteiger partial charge in [-0.15, -0.1) is 10.2 Å². The van der Waals surface area contributed by atoms with Crippen LogP contribution >= 0.6 is 11.8 Å². The number of rotatable bonds is 7. The number of likely N-dealkylation sites (tertiary alicyclic amines) is 1. The molecule has 2 aromatic rings. The average Bonchev–Trinajstić information content (AvgIpc) is 3.13. The number of pyridine rings is 1. The van der Waals surface area contributed by atoms with Gasteiger partial charge in [0.25, 0.3) is 0 Å². The van der Waals surface area contributed by atoms with E-state index in [4.69, 9.17) is 4.74 Å². The Morgan fingerprint density at radius 3 is 2.48 bits per heavy atom. The van der Waals surface area contributed by atoms with E-state index in [0.717, 1.165) is 16.3 Å². The highest BCUT2D eigenvalue weighted by molar-refractivity contribution is 7.99. The first kappa shape index (κ1) is 23.0. The van der Waals surface area contributed by atoms with Gasteiger partial charge in [-0.25, -0.2) is 0 Å². The zero-order valence-corrected chi connectivity index (χ0v) is 17.7. The number of hydrogen-bond donors (Lipinski definition) is 0. The van der Waals surface area contributed by atoms with Gasteiger partial charge >= 0.3 is 12.1 Å². The Bertz CT molecular complexity index is 899. The van der Waals surface area contributed by atoms with Crippen molar-refractivity contribution < 1.29 is 27.5 Å². The maximum atomic E-state index is 13.1. The highest BCUT2D eigenvalue weighted by Crippen LogP contribution is 2.29. The lowest BCUT2D eigenvalue weighted by Gasteiger charge is -2.30. The molecule has 1 saturated heterocycles. The lowest BCUT2D eigenvalue weighted by atomic mass is 9.97. The lowest BCUT2D eigenvalue weighted by molar-refractivity contribution is -0.151. The molecule has 0 aromatic carbocycles. The Labute approximate surface area is 181 Å². The number of aromatic nitrogens is 4. The second-order valence-electron chi connectivity index (χ2n) is 6.94. The number of ether oxygens (including phenoxy) is 1. The number of halogens is 3. The summed E-state index contributed by atoms with van der Waals surface area (Å²) in [5, 5.41) is 7.78. The van der Waals surface area contributed by atoms with Gasteiger partial charge in [0.1, 0.15) is 6.54 Å². The molecule has 0 N–H and O–H groups in total. The average molecular weight is 457 g/mol. The van der Waals surface area contributed by atoms with Crippen LogP contribution in [0.1, 0.15) is 19.8 Å². The number of nitrogens with zero attached hydrogens (tertiary/aromatic N) is 5. The molecule has 1 aliphatic heterocycles. The molecule has 1 amide bonds. The first-order valence-corrected chi connectivity index (χ1v) is 10.7. The van der Waals surface area contributed by atoms with E-state index in [2.05, 4.69) is 15.2 Å². The third-order valence-corrected chi connectivity index (χ3v) is 5.74. The molecule has 0 radical (unpaired) electrons. The van der Waals surface area contributed by atoms with Crippen molar-refractivity contribution in [1.29, 1.82) is 0 Å². The van der Waals surface area contributed by atoms with Gasteiger partial charge in [-0.1, -0.05) is 11.8 Å². The summed E-state index contributed by atoms with van der Waals surface area (Å²) in [4.78, 5) is 29.8. The Morgan fingerprint density at radius 1 is 1.19 bits per heavy atom. The summed E-state index contributed by atoms with van der Waals surface area (Å²) in [5.41, 5.74) is 0.450. The van der Waals surface area contributed by atoms with Crippen molar-refractivity contribution in [2.24, 2.45) is 5.92 Å². The van der Waals surface area contributed by atoms with Gasteiger partial charge in [-0.2, -0.15) is 13.2 Å². The molecule has 0 aliphatic carbocycles. The highest BCUT2D eigenvalue weighted by Gasteiger charge is 2.32. The number of carbonyl (C=O) groups excluding carboxylic acids is 2. The number of piperidine rings is 1. The third kappa shape index (κ3) is 6.18. The van der Waals surface area contributed by atoms with Crippen LogP contribution in [0.2, 0.25) is 0 Å². The Kier molecular flexibility index (Phi) is 7.52. The smallest absolute Gasteiger partial charge is 0.406 e. The predicted molar refractivity (Wildman–Crippen MR) is 106 cm³/mol. The van der Waals surface area contributed by atoms with E-state index in [0.29, 0.717) is 38.1 Å². The molecule has 3 rings (SSSR count). The largest absolute Gasteiger partial charge is 0.466 e. The monoisotopic (exact) mass is 457 g/mol. The van der Waals surface area contributed by atoms with Crippen molar-refractivity contribution in [3.8, 4) is 11.4 Å². The fraction of sp³-hybridized carbons (Fsp3) is 0.526. The first-order valence-electron chi connectivity index (χ1n) is 9.76. The van der Waals surface area contributed by atoms with Crippen molar-refractivity contribution >= 4 is 23.6 Å². The molecule has 8 nitrogen and oxygen atoms in total. The molecule has 1 aliphatic rings. The van der Waals surface area contributed by atoms with E-state index in [1.165, 1.54) is 12.4 Å². The molecular formula is C19H22F3N5O3S. The number of amides is 1.